The minimum absolute atomic E-state index is 0.0419. The third-order valence-electron chi connectivity index (χ3n) is 2.83. The van der Waals surface area contributed by atoms with E-state index in [0.29, 0.717) is 17.9 Å². The zero-order valence-electron chi connectivity index (χ0n) is 11.3. The van der Waals surface area contributed by atoms with Crippen molar-refractivity contribution in [1.82, 2.24) is 0 Å². The molecule has 0 spiro atoms. The van der Waals surface area contributed by atoms with E-state index in [1.165, 1.54) is 18.2 Å². The molecule has 0 aromatic heterocycles. The molecule has 0 aliphatic rings. The predicted octanol–water partition coefficient (Wildman–Crippen LogP) is 3.43. The number of rotatable bonds is 6. The van der Waals surface area contributed by atoms with Crippen molar-refractivity contribution >= 4 is 0 Å². The molecule has 1 N–H and O–H groups in total. The lowest BCUT2D eigenvalue weighted by Crippen LogP contribution is -2.06. The molecule has 0 saturated heterocycles. The lowest BCUT2D eigenvalue weighted by atomic mass is 10.1. The Kier molecular flexibility index (Phi) is 5.09. The molecule has 3 nitrogen and oxygen atoms in total. The number of aliphatic hydroxyl groups excluding tert-OH is 1. The summed E-state index contributed by atoms with van der Waals surface area (Å²) in [6, 6.07) is 13.8. The van der Waals surface area contributed by atoms with Gasteiger partial charge in [-0.2, -0.15) is 0 Å². The average Bonchev–Trinajstić information content (AvgIpc) is 2.45. The van der Waals surface area contributed by atoms with Gasteiger partial charge in [0.25, 0.3) is 0 Å². The lowest BCUT2D eigenvalue weighted by Gasteiger charge is -2.13. The van der Waals surface area contributed by atoms with Crippen LogP contribution >= 0.6 is 0 Å². The van der Waals surface area contributed by atoms with E-state index in [4.69, 9.17) is 9.47 Å². The van der Waals surface area contributed by atoms with Gasteiger partial charge in [0.05, 0.1) is 12.7 Å². The van der Waals surface area contributed by atoms with Crippen LogP contribution in [0.2, 0.25) is 0 Å². The average molecular weight is 276 g/mol. The van der Waals surface area contributed by atoms with Crippen molar-refractivity contribution in [1.29, 1.82) is 0 Å². The largest absolute Gasteiger partial charge is 0.467 e. The molecular formula is C16H17FO3. The first-order valence-electron chi connectivity index (χ1n) is 6.39. The van der Waals surface area contributed by atoms with Crippen LogP contribution in [0.3, 0.4) is 0 Å². The van der Waals surface area contributed by atoms with Crippen molar-refractivity contribution in [2.24, 2.45) is 0 Å². The molecule has 2 aromatic rings. The van der Waals surface area contributed by atoms with Gasteiger partial charge in [-0.1, -0.05) is 30.3 Å². The lowest BCUT2D eigenvalue weighted by molar-refractivity contribution is 0.00337. The normalized spacial score (nSPS) is 12.2. The SMILES string of the molecule is C[C@H](O)c1cc(F)ccc1OCOCc1ccccc1. The first-order valence-corrected chi connectivity index (χ1v) is 6.39. The highest BCUT2D eigenvalue weighted by atomic mass is 19.1. The molecule has 0 aliphatic carbocycles. The molecule has 2 rings (SSSR count). The second-order valence-electron chi connectivity index (χ2n) is 4.45. The highest BCUT2D eigenvalue weighted by molar-refractivity contribution is 5.35. The first-order chi connectivity index (χ1) is 9.66. The van der Waals surface area contributed by atoms with Gasteiger partial charge in [0, 0.05) is 5.56 Å². The number of hydrogen-bond acceptors (Lipinski definition) is 3. The zero-order valence-corrected chi connectivity index (χ0v) is 11.3. The summed E-state index contributed by atoms with van der Waals surface area (Å²) in [6.07, 6.45) is -0.796. The summed E-state index contributed by atoms with van der Waals surface area (Å²) in [7, 11) is 0. The van der Waals surface area contributed by atoms with Gasteiger partial charge < -0.3 is 14.6 Å². The quantitative estimate of drug-likeness (QED) is 0.649. The summed E-state index contributed by atoms with van der Waals surface area (Å²) in [4.78, 5) is 0. The molecule has 1 atom stereocenters. The van der Waals surface area contributed by atoms with Crippen LogP contribution in [-0.4, -0.2) is 11.9 Å². The number of benzene rings is 2. The summed E-state index contributed by atoms with van der Waals surface area (Å²) in [6.45, 7) is 2.04. The van der Waals surface area contributed by atoms with Crippen molar-refractivity contribution < 1.29 is 19.0 Å². The van der Waals surface area contributed by atoms with Crippen LogP contribution in [0.25, 0.3) is 0 Å². The van der Waals surface area contributed by atoms with Crippen LogP contribution in [0, 0.1) is 5.82 Å². The standard InChI is InChI=1S/C16H17FO3/c1-12(18)15-9-14(17)7-8-16(15)20-11-19-10-13-5-3-2-4-6-13/h2-9,12,18H,10-11H2,1H3/t12-/m0/s1. The number of halogens is 1. The van der Waals surface area contributed by atoms with E-state index in [9.17, 15) is 9.50 Å². The molecule has 0 unspecified atom stereocenters. The van der Waals surface area contributed by atoms with Gasteiger partial charge in [-0.3, -0.25) is 0 Å². The third-order valence-corrected chi connectivity index (χ3v) is 2.83. The Morgan fingerprint density at radius 3 is 2.60 bits per heavy atom. The van der Waals surface area contributed by atoms with Gasteiger partial charge in [0.15, 0.2) is 6.79 Å². The summed E-state index contributed by atoms with van der Waals surface area (Å²) in [5.74, 6) is 0.0212. The minimum atomic E-state index is -0.796. The van der Waals surface area contributed by atoms with Crippen molar-refractivity contribution in [3.8, 4) is 5.75 Å². The molecule has 2 aromatic carbocycles. The zero-order chi connectivity index (χ0) is 14.4. The highest BCUT2D eigenvalue weighted by Crippen LogP contribution is 2.25. The highest BCUT2D eigenvalue weighted by Gasteiger charge is 2.10. The first kappa shape index (κ1) is 14.5. The predicted molar refractivity (Wildman–Crippen MR) is 73.8 cm³/mol. The maximum Gasteiger partial charge on any atom is 0.189 e. The molecule has 0 radical (unpaired) electrons. The topological polar surface area (TPSA) is 38.7 Å². The summed E-state index contributed by atoms with van der Waals surface area (Å²) >= 11 is 0. The number of ether oxygens (including phenoxy) is 2. The van der Waals surface area contributed by atoms with Gasteiger partial charge in [-0.25, -0.2) is 4.39 Å². The Hall–Kier alpha value is -1.91. The van der Waals surface area contributed by atoms with Crippen molar-refractivity contribution in [3.63, 3.8) is 0 Å². The van der Waals surface area contributed by atoms with E-state index in [0.717, 1.165) is 5.56 Å². The maximum absolute atomic E-state index is 13.1. The van der Waals surface area contributed by atoms with E-state index in [2.05, 4.69) is 0 Å². The fourth-order valence-corrected chi connectivity index (χ4v) is 1.82. The van der Waals surface area contributed by atoms with Gasteiger partial charge in [0.1, 0.15) is 11.6 Å². The van der Waals surface area contributed by atoms with Gasteiger partial charge >= 0.3 is 0 Å². The summed E-state index contributed by atoms with van der Waals surface area (Å²) in [5, 5.41) is 9.58. The van der Waals surface area contributed by atoms with Gasteiger partial charge in [-0.15, -0.1) is 0 Å². The Morgan fingerprint density at radius 2 is 1.90 bits per heavy atom. The van der Waals surface area contributed by atoms with Crippen molar-refractivity contribution in [2.45, 2.75) is 19.6 Å². The minimum Gasteiger partial charge on any atom is -0.467 e. The Labute approximate surface area is 117 Å². The molecule has 0 amide bonds. The summed E-state index contributed by atoms with van der Waals surface area (Å²) < 4.78 is 23.9. The molecule has 106 valence electrons. The van der Waals surface area contributed by atoms with Crippen LogP contribution in [0.1, 0.15) is 24.2 Å². The van der Waals surface area contributed by atoms with Crippen LogP contribution in [0.4, 0.5) is 4.39 Å². The van der Waals surface area contributed by atoms with Crippen molar-refractivity contribution in [3.05, 3.63) is 65.5 Å². The monoisotopic (exact) mass is 276 g/mol. The van der Waals surface area contributed by atoms with Crippen molar-refractivity contribution in [2.75, 3.05) is 6.79 Å². The van der Waals surface area contributed by atoms with Crippen LogP contribution in [-0.2, 0) is 11.3 Å². The molecule has 0 heterocycles. The number of aliphatic hydroxyl groups is 1. The molecular weight excluding hydrogens is 259 g/mol. The summed E-state index contributed by atoms with van der Waals surface area (Å²) in [5.41, 5.74) is 1.46. The molecule has 4 heteroatoms. The Morgan fingerprint density at radius 1 is 1.15 bits per heavy atom. The molecule has 0 fully saturated rings. The maximum atomic E-state index is 13.1. The van der Waals surface area contributed by atoms with Gasteiger partial charge in [0.2, 0.25) is 0 Å². The smallest absolute Gasteiger partial charge is 0.189 e. The van der Waals surface area contributed by atoms with E-state index in [-0.39, 0.29) is 6.79 Å². The third kappa shape index (κ3) is 4.05. The second-order valence-corrected chi connectivity index (χ2v) is 4.45. The number of hydrogen-bond donors (Lipinski definition) is 1. The van der Waals surface area contributed by atoms with E-state index in [1.54, 1.807) is 6.92 Å². The van der Waals surface area contributed by atoms with Crippen LogP contribution in [0.15, 0.2) is 48.5 Å². The van der Waals surface area contributed by atoms with E-state index in [1.807, 2.05) is 30.3 Å². The molecule has 0 bridgehead atoms. The Bertz CT molecular complexity index is 541. The van der Waals surface area contributed by atoms with Crippen LogP contribution in [0.5, 0.6) is 5.75 Å². The fourth-order valence-electron chi connectivity index (χ4n) is 1.82. The molecule has 20 heavy (non-hydrogen) atoms. The van der Waals surface area contributed by atoms with Gasteiger partial charge in [-0.05, 0) is 30.7 Å². The molecule has 0 aliphatic heterocycles. The fraction of sp³-hybridized carbons (Fsp3) is 0.250. The Balaban J connectivity index is 1.88. The second kappa shape index (κ2) is 7.03. The molecule has 0 saturated carbocycles. The van der Waals surface area contributed by atoms with Crippen LogP contribution < -0.4 is 4.74 Å². The van der Waals surface area contributed by atoms with E-state index < -0.39 is 11.9 Å². The van der Waals surface area contributed by atoms with E-state index >= 15 is 0 Å².